The van der Waals surface area contributed by atoms with Crippen molar-refractivity contribution in [2.75, 3.05) is 26.2 Å². The Labute approximate surface area is 272 Å². The quantitative estimate of drug-likeness (QED) is 0.0350. The number of hydrogen-bond acceptors (Lipinski definition) is 11. The zero-order valence-corrected chi connectivity index (χ0v) is 27.0. The normalized spacial score (nSPS) is 16.7. The van der Waals surface area contributed by atoms with Gasteiger partial charge in [0.1, 0.15) is 18.1 Å². The predicted octanol–water partition coefficient (Wildman–Crippen LogP) is -0.615. The van der Waals surface area contributed by atoms with Crippen molar-refractivity contribution in [1.29, 1.82) is 0 Å². The number of carbonyl (C=O) groups is 7. The van der Waals surface area contributed by atoms with E-state index in [1.54, 1.807) is 6.92 Å². The van der Waals surface area contributed by atoms with Gasteiger partial charge in [0, 0.05) is 70.0 Å². The van der Waals surface area contributed by atoms with Crippen LogP contribution in [0, 0.1) is 0 Å². The average Bonchev–Trinajstić information content (AvgIpc) is 2.93. The summed E-state index contributed by atoms with van der Waals surface area (Å²) < 4.78 is 5.20. The minimum atomic E-state index is -0.987. The molecule has 0 saturated carbocycles. The summed E-state index contributed by atoms with van der Waals surface area (Å²) in [4.78, 5) is 83.0. The molecule has 3 atom stereocenters. The van der Waals surface area contributed by atoms with Crippen LogP contribution in [0.15, 0.2) is 11.6 Å². The topological polar surface area (TPSA) is 235 Å². The summed E-state index contributed by atoms with van der Waals surface area (Å²) in [5, 5.41) is 38.1. The molecule has 6 amide bonds. The molecule has 0 radical (unpaired) electrons. The molecular formula is C27H44FeN6O11. The van der Waals surface area contributed by atoms with Crippen molar-refractivity contribution in [2.45, 2.75) is 90.8 Å². The number of nitrogens with one attached hydrogen (secondary N) is 3. The summed E-state index contributed by atoms with van der Waals surface area (Å²) in [5.74, 6) is -3.83. The van der Waals surface area contributed by atoms with Crippen molar-refractivity contribution >= 4 is 41.4 Å². The Morgan fingerprint density at radius 2 is 1.29 bits per heavy atom. The van der Waals surface area contributed by atoms with E-state index in [0.717, 1.165) is 6.08 Å². The standard InChI is InChI=1S/C27H44N6O11.Fe/c1-17(11-15-44-27(40)23(28-18(2)34)10-7-13-32(42)20(4)36)16-24(37)33(43)14-6-9-22-26(39)29-21(25(38)30-22)8-5-12-31(41)19(3)35;/h16,21-23,41-43H,5-15H2,1-4H3,(H,28,34)(H,29,39)(H,30,38);. The molecule has 1 heterocycles. The first-order chi connectivity index (χ1) is 20.6. The molecule has 0 aliphatic carbocycles. The number of piperazine rings is 1. The van der Waals surface area contributed by atoms with Gasteiger partial charge in [-0.3, -0.25) is 44.4 Å². The van der Waals surface area contributed by atoms with E-state index in [2.05, 4.69) is 16.0 Å². The number of esters is 1. The summed E-state index contributed by atoms with van der Waals surface area (Å²) in [5.41, 5.74) is 0.493. The van der Waals surface area contributed by atoms with Crippen molar-refractivity contribution in [3.8, 4) is 0 Å². The SMILES string of the molecule is CC(=O)NC(CCCN(O)C(C)=O)C(=O)OCCC(C)=CC(=O)N(O)CCCC1NC(=O)C(CCCN(O)C(C)=O)NC1=O.[Fe]. The fraction of sp³-hybridized carbons (Fsp3) is 0.667. The molecule has 256 valence electrons. The molecule has 45 heavy (non-hydrogen) atoms. The van der Waals surface area contributed by atoms with E-state index in [1.165, 1.54) is 20.8 Å². The number of hydrogen-bond donors (Lipinski definition) is 6. The molecule has 1 aliphatic heterocycles. The fourth-order valence-corrected chi connectivity index (χ4v) is 4.11. The van der Waals surface area contributed by atoms with Crippen LogP contribution >= 0.6 is 0 Å². The third kappa shape index (κ3) is 16.4. The Morgan fingerprint density at radius 3 is 1.76 bits per heavy atom. The summed E-state index contributed by atoms with van der Waals surface area (Å²) in [6.07, 6.45) is 2.53. The smallest absolute Gasteiger partial charge is 0.328 e. The molecule has 1 saturated heterocycles. The second-order valence-electron chi connectivity index (χ2n) is 10.5. The first kappa shape index (κ1) is 41.4. The van der Waals surface area contributed by atoms with Crippen LogP contribution in [0.1, 0.15) is 72.6 Å². The molecule has 1 aliphatic rings. The Kier molecular flexibility index (Phi) is 19.5. The van der Waals surface area contributed by atoms with Gasteiger partial charge in [-0.05, 0) is 45.4 Å². The molecule has 0 spiro atoms. The Hall–Kier alpha value is -3.57. The van der Waals surface area contributed by atoms with E-state index in [4.69, 9.17) is 4.74 Å². The Morgan fingerprint density at radius 1 is 0.822 bits per heavy atom. The van der Waals surface area contributed by atoms with Crippen LogP contribution in [-0.2, 0) is 55.4 Å². The maximum absolute atomic E-state index is 12.4. The minimum Gasteiger partial charge on any atom is -0.464 e. The molecule has 0 aromatic carbocycles. The van der Waals surface area contributed by atoms with E-state index in [9.17, 15) is 49.2 Å². The summed E-state index contributed by atoms with van der Waals surface area (Å²) in [6, 6.07) is -2.64. The molecule has 1 fully saturated rings. The number of ether oxygens (including phenoxy) is 1. The monoisotopic (exact) mass is 684 g/mol. The molecule has 0 bridgehead atoms. The molecule has 0 aromatic heterocycles. The van der Waals surface area contributed by atoms with E-state index in [-0.39, 0.29) is 81.8 Å². The molecule has 6 N–H and O–H groups in total. The van der Waals surface area contributed by atoms with Crippen molar-refractivity contribution < 1.29 is 71.0 Å². The molecule has 3 unspecified atom stereocenters. The van der Waals surface area contributed by atoms with Crippen molar-refractivity contribution in [3.63, 3.8) is 0 Å². The van der Waals surface area contributed by atoms with Gasteiger partial charge in [-0.1, -0.05) is 5.57 Å². The van der Waals surface area contributed by atoms with Gasteiger partial charge >= 0.3 is 5.97 Å². The van der Waals surface area contributed by atoms with Crippen LogP contribution < -0.4 is 16.0 Å². The first-order valence-corrected chi connectivity index (χ1v) is 14.3. The number of carbonyl (C=O) groups excluding carboxylic acids is 7. The van der Waals surface area contributed by atoms with Crippen LogP contribution in [-0.4, -0.2) is 117 Å². The van der Waals surface area contributed by atoms with Crippen molar-refractivity contribution in [3.05, 3.63) is 11.6 Å². The van der Waals surface area contributed by atoms with Crippen molar-refractivity contribution in [1.82, 2.24) is 31.1 Å². The molecule has 0 aromatic rings. The zero-order chi connectivity index (χ0) is 33.4. The van der Waals surface area contributed by atoms with E-state index < -0.39 is 59.5 Å². The summed E-state index contributed by atoms with van der Waals surface area (Å²) >= 11 is 0. The van der Waals surface area contributed by atoms with E-state index in [0.29, 0.717) is 27.2 Å². The van der Waals surface area contributed by atoms with Crippen LogP contribution in [0.3, 0.4) is 0 Å². The van der Waals surface area contributed by atoms with Crippen LogP contribution in [0.2, 0.25) is 0 Å². The number of amides is 6. The Bertz CT molecular complexity index is 1090. The average molecular weight is 685 g/mol. The van der Waals surface area contributed by atoms with E-state index >= 15 is 0 Å². The number of hydroxylamine groups is 6. The molecular weight excluding hydrogens is 640 g/mol. The maximum atomic E-state index is 12.4. The van der Waals surface area contributed by atoms with Crippen LogP contribution in [0.25, 0.3) is 0 Å². The number of nitrogens with zero attached hydrogens (tertiary/aromatic N) is 3. The molecule has 17 nitrogen and oxygen atoms in total. The Balaban J connectivity index is 0.0000194. The molecule has 1 rings (SSSR count). The second-order valence-corrected chi connectivity index (χ2v) is 10.5. The van der Waals surface area contributed by atoms with Gasteiger partial charge in [0.25, 0.3) is 5.91 Å². The number of rotatable bonds is 18. The van der Waals surface area contributed by atoms with Gasteiger partial charge < -0.3 is 20.7 Å². The van der Waals surface area contributed by atoms with Gasteiger partial charge in [0.2, 0.25) is 29.5 Å². The zero-order valence-electron chi connectivity index (χ0n) is 25.9. The van der Waals surface area contributed by atoms with Crippen LogP contribution in [0.5, 0.6) is 0 Å². The predicted molar refractivity (Wildman–Crippen MR) is 150 cm³/mol. The third-order valence-corrected chi connectivity index (χ3v) is 6.61. The van der Waals surface area contributed by atoms with Gasteiger partial charge in [-0.25, -0.2) is 20.0 Å². The van der Waals surface area contributed by atoms with Crippen molar-refractivity contribution in [2.24, 2.45) is 0 Å². The summed E-state index contributed by atoms with van der Waals surface area (Å²) in [6.45, 7) is 4.97. The fourth-order valence-electron chi connectivity index (χ4n) is 4.11. The maximum Gasteiger partial charge on any atom is 0.328 e. The third-order valence-electron chi connectivity index (χ3n) is 6.61. The van der Waals surface area contributed by atoms with Crippen LogP contribution in [0.4, 0.5) is 0 Å². The first-order valence-electron chi connectivity index (χ1n) is 14.3. The van der Waals surface area contributed by atoms with E-state index in [1.807, 2.05) is 0 Å². The van der Waals surface area contributed by atoms with Gasteiger partial charge in [0.15, 0.2) is 0 Å². The minimum absolute atomic E-state index is 0. The second kappa shape index (κ2) is 21.2. The summed E-state index contributed by atoms with van der Waals surface area (Å²) in [7, 11) is 0. The molecule has 18 heteroatoms. The largest absolute Gasteiger partial charge is 0.464 e. The van der Waals surface area contributed by atoms with Gasteiger partial charge in [0.05, 0.1) is 6.61 Å². The van der Waals surface area contributed by atoms with Gasteiger partial charge in [-0.15, -0.1) is 0 Å². The van der Waals surface area contributed by atoms with Gasteiger partial charge in [-0.2, -0.15) is 0 Å².